The lowest BCUT2D eigenvalue weighted by Crippen LogP contribution is -2.54. The zero-order valence-electron chi connectivity index (χ0n) is 25.4. The van der Waals surface area contributed by atoms with E-state index in [9.17, 15) is 18.0 Å². The van der Waals surface area contributed by atoms with Crippen LogP contribution < -0.4 is 9.62 Å². The highest BCUT2D eigenvalue weighted by Gasteiger charge is 2.35. The van der Waals surface area contributed by atoms with Crippen LogP contribution in [0, 0.1) is 13.8 Å². The fourth-order valence-corrected chi connectivity index (χ4v) is 6.55. The van der Waals surface area contributed by atoms with Crippen molar-refractivity contribution < 1.29 is 18.0 Å². The number of nitrogens with one attached hydrogen (secondary N) is 1. The van der Waals surface area contributed by atoms with Crippen LogP contribution in [0.4, 0.5) is 5.69 Å². The first kappa shape index (κ1) is 32.8. The van der Waals surface area contributed by atoms with Gasteiger partial charge < -0.3 is 10.2 Å². The molecule has 1 atom stereocenters. The van der Waals surface area contributed by atoms with Crippen LogP contribution in [0.2, 0.25) is 5.02 Å². The molecule has 1 N–H and O–H groups in total. The van der Waals surface area contributed by atoms with Gasteiger partial charge in [-0.05, 0) is 63.1 Å². The number of aryl methyl sites for hydroxylation is 2. The summed E-state index contributed by atoms with van der Waals surface area (Å²) in [6.45, 7) is 7.09. The Balaban J connectivity index is 1.81. The lowest BCUT2D eigenvalue weighted by molar-refractivity contribution is -0.140. The summed E-state index contributed by atoms with van der Waals surface area (Å²) in [5, 5.41) is 3.14. The van der Waals surface area contributed by atoms with Gasteiger partial charge in [-0.1, -0.05) is 102 Å². The number of para-hydroxylation sites is 1. The molecule has 7 nitrogen and oxygen atoms in total. The average molecular weight is 632 g/mol. The molecule has 0 saturated heterocycles. The SMILES string of the molecule is Cc1ccc(CN(C(=O)CN(c2ccccc2Cl)S(=O)(=O)c2ccc(C)cc2)[C@H](Cc2ccccc2)C(=O)NC(C)C)cc1. The van der Waals surface area contributed by atoms with E-state index in [1.807, 2.05) is 82.3 Å². The quantitative estimate of drug-likeness (QED) is 0.198. The Morgan fingerprint density at radius 3 is 1.93 bits per heavy atom. The molecule has 0 aliphatic carbocycles. The Morgan fingerprint density at radius 2 is 1.34 bits per heavy atom. The number of benzene rings is 4. The van der Waals surface area contributed by atoms with Gasteiger partial charge in [-0.2, -0.15) is 0 Å². The largest absolute Gasteiger partial charge is 0.352 e. The molecule has 4 aromatic carbocycles. The van der Waals surface area contributed by atoms with Crippen LogP contribution in [0.1, 0.15) is 36.1 Å². The van der Waals surface area contributed by atoms with Gasteiger partial charge in [-0.15, -0.1) is 0 Å². The van der Waals surface area contributed by atoms with Crippen LogP contribution in [0.5, 0.6) is 0 Å². The first-order valence-corrected chi connectivity index (χ1v) is 16.3. The van der Waals surface area contributed by atoms with Gasteiger partial charge in [0.25, 0.3) is 10.0 Å². The molecule has 0 unspecified atom stereocenters. The lowest BCUT2D eigenvalue weighted by atomic mass is 10.0. The van der Waals surface area contributed by atoms with Crippen molar-refractivity contribution in [3.05, 3.63) is 130 Å². The molecular weight excluding hydrogens is 594 g/mol. The van der Waals surface area contributed by atoms with Gasteiger partial charge >= 0.3 is 0 Å². The summed E-state index contributed by atoms with van der Waals surface area (Å²) in [5.41, 5.74) is 3.80. The number of carbonyl (C=O) groups excluding carboxylic acids is 2. The number of halogens is 1. The van der Waals surface area contributed by atoms with Gasteiger partial charge in [0.15, 0.2) is 0 Å². The molecular formula is C35H38ClN3O4S. The maximum Gasteiger partial charge on any atom is 0.264 e. The van der Waals surface area contributed by atoms with Crippen LogP contribution >= 0.6 is 11.6 Å². The number of hydrogen-bond donors (Lipinski definition) is 1. The van der Waals surface area contributed by atoms with E-state index in [2.05, 4.69) is 5.32 Å². The van der Waals surface area contributed by atoms with E-state index in [-0.39, 0.29) is 40.5 Å². The second-order valence-corrected chi connectivity index (χ2v) is 13.4. The second kappa shape index (κ2) is 14.6. The molecule has 44 heavy (non-hydrogen) atoms. The minimum absolute atomic E-state index is 0.0271. The van der Waals surface area contributed by atoms with E-state index >= 15 is 0 Å². The smallest absolute Gasteiger partial charge is 0.264 e. The normalized spacial score (nSPS) is 12.0. The summed E-state index contributed by atoms with van der Waals surface area (Å²) in [4.78, 5) is 29.7. The van der Waals surface area contributed by atoms with Gasteiger partial charge in [0, 0.05) is 19.0 Å². The summed E-state index contributed by atoms with van der Waals surface area (Å²) in [6, 6.07) is 29.0. The number of rotatable bonds is 12. The zero-order chi connectivity index (χ0) is 31.9. The lowest BCUT2D eigenvalue weighted by Gasteiger charge is -2.34. The van der Waals surface area contributed by atoms with Crippen molar-refractivity contribution in [1.82, 2.24) is 10.2 Å². The monoisotopic (exact) mass is 631 g/mol. The van der Waals surface area contributed by atoms with Gasteiger partial charge in [-0.3, -0.25) is 13.9 Å². The molecule has 0 radical (unpaired) electrons. The second-order valence-electron chi connectivity index (χ2n) is 11.2. The fourth-order valence-electron chi connectivity index (χ4n) is 4.83. The Hall–Kier alpha value is -4.14. The number of carbonyl (C=O) groups is 2. The van der Waals surface area contributed by atoms with Gasteiger partial charge in [0.05, 0.1) is 15.6 Å². The number of nitrogens with zero attached hydrogens (tertiary/aromatic N) is 2. The highest BCUT2D eigenvalue weighted by Crippen LogP contribution is 2.31. The van der Waals surface area contributed by atoms with E-state index in [0.717, 1.165) is 26.6 Å². The minimum atomic E-state index is -4.22. The minimum Gasteiger partial charge on any atom is -0.352 e. The highest BCUT2D eigenvalue weighted by atomic mass is 35.5. The molecule has 0 fully saturated rings. The standard InChI is InChI=1S/C35H38ClN3O4S/c1-25(2)37-35(41)33(22-28-10-6-5-7-11-28)38(23-29-18-14-26(3)15-19-29)34(40)24-39(32-13-9-8-12-31(32)36)44(42,43)30-20-16-27(4)17-21-30/h5-21,25,33H,22-24H2,1-4H3,(H,37,41)/t33-/m1/s1. The molecule has 0 aliphatic rings. The summed E-state index contributed by atoms with van der Waals surface area (Å²) in [6.07, 6.45) is 0.244. The van der Waals surface area contributed by atoms with E-state index in [1.54, 1.807) is 36.4 Å². The average Bonchev–Trinajstić information content (AvgIpc) is 2.99. The van der Waals surface area contributed by atoms with E-state index in [1.165, 1.54) is 17.0 Å². The van der Waals surface area contributed by atoms with Gasteiger partial charge in [0.1, 0.15) is 12.6 Å². The molecule has 0 aliphatic heterocycles. The van der Waals surface area contributed by atoms with E-state index < -0.39 is 28.5 Å². The van der Waals surface area contributed by atoms with Crippen LogP contribution in [0.25, 0.3) is 0 Å². The molecule has 0 saturated carbocycles. The first-order chi connectivity index (χ1) is 21.0. The van der Waals surface area contributed by atoms with Crippen molar-refractivity contribution >= 4 is 39.1 Å². The molecule has 4 aromatic rings. The first-order valence-electron chi connectivity index (χ1n) is 14.5. The Morgan fingerprint density at radius 1 is 0.773 bits per heavy atom. The Kier molecular flexibility index (Phi) is 10.8. The third kappa shape index (κ3) is 8.27. The Bertz CT molecular complexity index is 1680. The fraction of sp³-hybridized carbons (Fsp3) is 0.257. The molecule has 0 aromatic heterocycles. The van der Waals surface area contributed by atoms with Crippen molar-refractivity contribution in [3.8, 4) is 0 Å². The zero-order valence-corrected chi connectivity index (χ0v) is 27.0. The van der Waals surface area contributed by atoms with Crippen LogP contribution in [-0.4, -0.2) is 43.8 Å². The number of amides is 2. The third-order valence-electron chi connectivity index (χ3n) is 7.18. The topological polar surface area (TPSA) is 86.8 Å². The molecule has 0 bridgehead atoms. The Labute approximate surface area is 265 Å². The number of anilines is 1. The molecule has 4 rings (SSSR count). The molecule has 230 valence electrons. The molecule has 9 heteroatoms. The van der Waals surface area contributed by atoms with Crippen LogP contribution in [0.3, 0.4) is 0 Å². The number of hydrogen-bond acceptors (Lipinski definition) is 4. The van der Waals surface area contributed by atoms with Crippen molar-refractivity contribution in [3.63, 3.8) is 0 Å². The maximum atomic E-state index is 14.5. The van der Waals surface area contributed by atoms with Crippen LogP contribution in [0.15, 0.2) is 108 Å². The predicted octanol–water partition coefficient (Wildman–Crippen LogP) is 6.32. The van der Waals surface area contributed by atoms with Crippen LogP contribution in [-0.2, 0) is 32.6 Å². The van der Waals surface area contributed by atoms with Gasteiger partial charge in [-0.25, -0.2) is 8.42 Å². The van der Waals surface area contributed by atoms with Gasteiger partial charge in [0.2, 0.25) is 11.8 Å². The molecule has 0 spiro atoms. The van der Waals surface area contributed by atoms with E-state index in [4.69, 9.17) is 11.6 Å². The maximum absolute atomic E-state index is 14.5. The third-order valence-corrected chi connectivity index (χ3v) is 9.28. The summed E-state index contributed by atoms with van der Waals surface area (Å²) >= 11 is 6.53. The van der Waals surface area contributed by atoms with E-state index in [0.29, 0.717) is 0 Å². The van der Waals surface area contributed by atoms with Crippen molar-refractivity contribution in [2.24, 2.45) is 0 Å². The molecule has 2 amide bonds. The summed E-state index contributed by atoms with van der Waals surface area (Å²) in [7, 11) is -4.22. The summed E-state index contributed by atoms with van der Waals surface area (Å²) in [5.74, 6) is -0.865. The van der Waals surface area contributed by atoms with Crippen molar-refractivity contribution in [1.29, 1.82) is 0 Å². The summed E-state index contributed by atoms with van der Waals surface area (Å²) < 4.78 is 29.2. The predicted molar refractivity (Wildman–Crippen MR) is 176 cm³/mol. The van der Waals surface area contributed by atoms with Crippen molar-refractivity contribution in [2.75, 3.05) is 10.8 Å². The van der Waals surface area contributed by atoms with Crippen molar-refractivity contribution in [2.45, 2.75) is 57.6 Å². The number of sulfonamides is 1. The highest BCUT2D eigenvalue weighted by molar-refractivity contribution is 7.92. The molecule has 0 heterocycles.